The second-order valence-electron chi connectivity index (χ2n) is 16.2. The molecular weight excluding hydrogens is 703 g/mol. The maximum atomic E-state index is 2.55. The summed E-state index contributed by atoms with van der Waals surface area (Å²) in [6.07, 6.45) is 0. The molecule has 0 spiro atoms. The molecule has 0 bridgehead atoms. The molecule has 2 aliphatic heterocycles. The normalized spacial score (nSPS) is 14.6. The summed E-state index contributed by atoms with van der Waals surface area (Å²) in [7, 11) is -3.89. The Hall–Kier alpha value is -5.53. The SMILES string of the molecule is C[Si]1(C)c2ccccc2-c2ccc(N(c3ccc(-c4ccc5ccccc5c4)cc3)c3ccc4c(c3)[Si](C)(C)c3ccc5sc6ccccc6c5c3-4)cc21. The van der Waals surface area contributed by atoms with Gasteiger partial charge in [-0.25, -0.2) is 0 Å². The van der Waals surface area contributed by atoms with Gasteiger partial charge in [-0.15, -0.1) is 11.3 Å². The van der Waals surface area contributed by atoms with Gasteiger partial charge in [-0.2, -0.15) is 0 Å². The van der Waals surface area contributed by atoms with Crippen LogP contribution in [0.15, 0.2) is 164 Å². The molecule has 9 aromatic rings. The average molecular weight is 742 g/mol. The molecule has 3 heterocycles. The molecular formula is C50H39NSSi2. The molecule has 0 radical (unpaired) electrons. The van der Waals surface area contributed by atoms with Crippen LogP contribution in [0.5, 0.6) is 0 Å². The molecule has 2 aliphatic rings. The number of thiophene rings is 1. The Balaban J connectivity index is 1.08. The van der Waals surface area contributed by atoms with Crippen LogP contribution in [-0.2, 0) is 0 Å². The van der Waals surface area contributed by atoms with E-state index in [9.17, 15) is 0 Å². The van der Waals surface area contributed by atoms with Crippen molar-refractivity contribution in [3.05, 3.63) is 164 Å². The Labute approximate surface area is 322 Å². The summed E-state index contributed by atoms with van der Waals surface area (Å²) in [5, 5.41) is 11.5. The van der Waals surface area contributed by atoms with Gasteiger partial charge in [0.2, 0.25) is 0 Å². The molecule has 0 amide bonds. The Morgan fingerprint density at radius 1 is 0.407 bits per heavy atom. The predicted octanol–water partition coefficient (Wildman–Crippen LogP) is 12.0. The summed E-state index contributed by atoms with van der Waals surface area (Å²) in [6, 6.07) is 62.2. The fourth-order valence-electron chi connectivity index (χ4n) is 9.62. The lowest BCUT2D eigenvalue weighted by Crippen LogP contribution is -2.49. The van der Waals surface area contributed by atoms with E-state index in [2.05, 4.69) is 195 Å². The lowest BCUT2D eigenvalue weighted by molar-refractivity contribution is 1.29. The fourth-order valence-corrected chi connectivity index (χ4v) is 16.9. The summed E-state index contributed by atoms with van der Waals surface area (Å²) in [5.41, 5.74) is 11.8. The first-order valence-corrected chi connectivity index (χ1v) is 25.8. The van der Waals surface area contributed by atoms with Crippen LogP contribution in [0.2, 0.25) is 26.2 Å². The minimum absolute atomic E-state index is 1.18. The molecule has 11 rings (SSSR count). The van der Waals surface area contributed by atoms with Crippen molar-refractivity contribution in [2.45, 2.75) is 26.2 Å². The third kappa shape index (κ3) is 4.54. The first kappa shape index (κ1) is 32.0. The lowest BCUT2D eigenvalue weighted by Gasteiger charge is -2.29. The van der Waals surface area contributed by atoms with E-state index in [1.807, 2.05) is 11.3 Å². The summed E-state index contributed by atoms with van der Waals surface area (Å²) >= 11 is 1.92. The topological polar surface area (TPSA) is 3.24 Å². The van der Waals surface area contributed by atoms with Gasteiger partial charge in [-0.05, 0) is 119 Å². The highest BCUT2D eigenvalue weighted by molar-refractivity contribution is 7.26. The number of fused-ring (bicyclic) bond motifs is 11. The predicted molar refractivity (Wildman–Crippen MR) is 241 cm³/mol. The highest BCUT2D eigenvalue weighted by Gasteiger charge is 2.40. The minimum atomic E-state index is -2.01. The van der Waals surface area contributed by atoms with Gasteiger partial charge in [0, 0.05) is 37.2 Å². The molecule has 0 atom stereocenters. The van der Waals surface area contributed by atoms with Gasteiger partial charge in [-0.3, -0.25) is 0 Å². The van der Waals surface area contributed by atoms with E-state index < -0.39 is 16.1 Å². The van der Waals surface area contributed by atoms with Gasteiger partial charge in [-0.1, -0.05) is 135 Å². The first-order chi connectivity index (χ1) is 26.3. The quantitative estimate of drug-likeness (QED) is 0.162. The van der Waals surface area contributed by atoms with Crippen molar-refractivity contribution in [1.82, 2.24) is 0 Å². The maximum absolute atomic E-state index is 2.55. The van der Waals surface area contributed by atoms with E-state index in [1.165, 1.54) is 91.8 Å². The van der Waals surface area contributed by atoms with Crippen LogP contribution < -0.4 is 25.6 Å². The van der Waals surface area contributed by atoms with Crippen LogP contribution >= 0.6 is 11.3 Å². The van der Waals surface area contributed by atoms with E-state index in [0.717, 1.165) is 0 Å². The second kappa shape index (κ2) is 11.5. The molecule has 0 aliphatic carbocycles. The number of hydrogen-bond donors (Lipinski definition) is 0. The third-order valence-corrected chi connectivity index (χ3v) is 20.7. The lowest BCUT2D eigenvalue weighted by atomic mass is 9.99. The van der Waals surface area contributed by atoms with Crippen molar-refractivity contribution in [1.29, 1.82) is 0 Å². The molecule has 0 fully saturated rings. The summed E-state index contributed by atoms with van der Waals surface area (Å²) in [6.45, 7) is 10.1. The number of anilines is 3. The first-order valence-electron chi connectivity index (χ1n) is 19.0. The van der Waals surface area contributed by atoms with Gasteiger partial charge < -0.3 is 4.90 Å². The molecule has 54 heavy (non-hydrogen) atoms. The zero-order chi connectivity index (χ0) is 36.3. The van der Waals surface area contributed by atoms with Crippen molar-refractivity contribution >= 4 is 96.2 Å². The largest absolute Gasteiger partial charge is 0.311 e. The summed E-state index contributed by atoms with van der Waals surface area (Å²) in [5.74, 6) is 0. The molecule has 0 N–H and O–H groups in total. The third-order valence-electron chi connectivity index (χ3n) is 12.5. The molecule has 8 aromatic carbocycles. The van der Waals surface area contributed by atoms with Crippen LogP contribution in [-0.4, -0.2) is 16.1 Å². The maximum Gasteiger partial charge on any atom is 0.113 e. The van der Waals surface area contributed by atoms with Crippen molar-refractivity contribution < 1.29 is 0 Å². The second-order valence-corrected chi connectivity index (χ2v) is 25.9. The zero-order valence-electron chi connectivity index (χ0n) is 30.9. The van der Waals surface area contributed by atoms with E-state index in [0.29, 0.717) is 0 Å². The van der Waals surface area contributed by atoms with Crippen LogP contribution in [0.25, 0.3) is 64.3 Å². The average Bonchev–Trinajstić information content (AvgIpc) is 3.77. The van der Waals surface area contributed by atoms with Crippen molar-refractivity contribution in [2.24, 2.45) is 0 Å². The van der Waals surface area contributed by atoms with Crippen molar-refractivity contribution in [3.63, 3.8) is 0 Å². The monoisotopic (exact) mass is 741 g/mol. The van der Waals surface area contributed by atoms with Crippen molar-refractivity contribution in [3.8, 4) is 33.4 Å². The Bertz CT molecular complexity index is 3010. The van der Waals surface area contributed by atoms with E-state index in [-0.39, 0.29) is 0 Å². The Morgan fingerprint density at radius 3 is 1.83 bits per heavy atom. The van der Waals surface area contributed by atoms with E-state index in [4.69, 9.17) is 0 Å². The Kier molecular flexibility index (Phi) is 6.80. The molecule has 4 heteroatoms. The van der Waals surface area contributed by atoms with Gasteiger partial charge in [0.05, 0.1) is 0 Å². The molecule has 0 saturated carbocycles. The molecule has 258 valence electrons. The minimum Gasteiger partial charge on any atom is -0.311 e. The van der Waals surface area contributed by atoms with Crippen molar-refractivity contribution in [2.75, 3.05) is 4.90 Å². The Morgan fingerprint density at radius 2 is 1.02 bits per heavy atom. The van der Waals surface area contributed by atoms with Crippen LogP contribution in [0.1, 0.15) is 0 Å². The van der Waals surface area contributed by atoms with Crippen LogP contribution in [0, 0.1) is 0 Å². The van der Waals surface area contributed by atoms with Crippen LogP contribution in [0.4, 0.5) is 17.1 Å². The smallest absolute Gasteiger partial charge is 0.113 e. The highest BCUT2D eigenvalue weighted by Crippen LogP contribution is 2.44. The fraction of sp³-hybridized carbons (Fsp3) is 0.0800. The molecule has 1 nitrogen and oxygen atoms in total. The van der Waals surface area contributed by atoms with Crippen LogP contribution in [0.3, 0.4) is 0 Å². The van der Waals surface area contributed by atoms with Gasteiger partial charge in [0.15, 0.2) is 0 Å². The molecule has 0 saturated heterocycles. The number of benzene rings is 8. The standard InChI is InChI=1S/C50H39NSSi2/c1-53(2)45-16-10-8-13-39(45)40-25-23-37(30-47(40)53)51(36-21-19-33(20-22-36)35-18-17-32-11-5-6-12-34(32)29-35)38-24-26-42-48(31-38)54(3,4)46-28-27-44-49(50(42)46)41-14-7-9-15-43(41)52-44/h5-31H,1-4H3. The number of nitrogens with zero attached hydrogens (tertiary/aromatic N) is 1. The van der Waals surface area contributed by atoms with E-state index in [1.54, 1.807) is 10.4 Å². The number of rotatable bonds is 4. The summed E-state index contributed by atoms with van der Waals surface area (Å²) < 4.78 is 2.75. The highest BCUT2D eigenvalue weighted by atomic mass is 32.1. The number of hydrogen-bond acceptors (Lipinski definition) is 2. The van der Waals surface area contributed by atoms with Gasteiger partial charge in [0.25, 0.3) is 0 Å². The molecule has 1 aromatic heterocycles. The van der Waals surface area contributed by atoms with Gasteiger partial charge in [0.1, 0.15) is 16.1 Å². The molecule has 0 unspecified atom stereocenters. The summed E-state index contributed by atoms with van der Waals surface area (Å²) in [4.78, 5) is 2.52. The van der Waals surface area contributed by atoms with Gasteiger partial charge >= 0.3 is 0 Å². The zero-order valence-corrected chi connectivity index (χ0v) is 33.8. The van der Waals surface area contributed by atoms with E-state index >= 15 is 0 Å².